The third-order valence-electron chi connectivity index (χ3n) is 1.28. The molecule has 0 heterocycles. The van der Waals surface area contributed by atoms with Crippen molar-refractivity contribution in [3.8, 4) is 5.75 Å². The molecule has 3 heteroatoms. The minimum absolute atomic E-state index is 0.666. The fourth-order valence-corrected chi connectivity index (χ4v) is 0.700. The molecule has 0 aromatic heterocycles. The molecule has 1 N–H and O–H groups in total. The van der Waals surface area contributed by atoms with Crippen molar-refractivity contribution < 1.29 is 4.65 Å². The maximum atomic E-state index is 4.92. The van der Waals surface area contributed by atoms with Gasteiger partial charge in [0, 0.05) is 12.7 Å². The highest BCUT2D eigenvalue weighted by Gasteiger charge is 1.88. The summed E-state index contributed by atoms with van der Waals surface area (Å²) in [5.41, 5.74) is 1.04. The molecule has 0 aliphatic heterocycles. The third-order valence-corrected chi connectivity index (χ3v) is 1.28. The monoisotopic (exact) mass is 133 g/mol. The predicted octanol–water partition coefficient (Wildman–Crippen LogP) is 1.19. The molecule has 0 saturated heterocycles. The molecule has 0 bridgehead atoms. The van der Waals surface area contributed by atoms with Gasteiger partial charge in [0.25, 0.3) is 0 Å². The third kappa shape index (κ3) is 1.44. The number of hydrogen-bond donors (Lipinski definition) is 1. The molecular weight excluding hydrogens is 125 g/mol. The molecule has 0 amide bonds. The van der Waals surface area contributed by atoms with Crippen LogP contribution < -0.4 is 9.97 Å². The Morgan fingerprint density at radius 2 is 1.90 bits per heavy atom. The summed E-state index contributed by atoms with van der Waals surface area (Å²) < 4.78 is 4.49. The molecular formula is C7H8BNO. The van der Waals surface area contributed by atoms with Crippen LogP contribution in [0.4, 0.5) is 5.69 Å². The normalized spacial score (nSPS) is 8.90. The SMILES string of the molecule is [B]Oc1ccc(NC)cc1. The average molecular weight is 133 g/mol. The van der Waals surface area contributed by atoms with E-state index >= 15 is 0 Å². The minimum Gasteiger partial charge on any atom is -0.568 e. The van der Waals surface area contributed by atoms with Crippen LogP contribution in [0.15, 0.2) is 24.3 Å². The van der Waals surface area contributed by atoms with Crippen LogP contribution in [0.3, 0.4) is 0 Å². The largest absolute Gasteiger partial charge is 0.568 e. The van der Waals surface area contributed by atoms with E-state index in [2.05, 4.69) is 9.97 Å². The van der Waals surface area contributed by atoms with Crippen LogP contribution in [-0.4, -0.2) is 15.1 Å². The van der Waals surface area contributed by atoms with Gasteiger partial charge < -0.3 is 9.97 Å². The zero-order chi connectivity index (χ0) is 7.40. The van der Waals surface area contributed by atoms with Crippen molar-refractivity contribution in [1.82, 2.24) is 0 Å². The van der Waals surface area contributed by atoms with E-state index in [-0.39, 0.29) is 0 Å². The molecule has 0 unspecified atom stereocenters. The van der Waals surface area contributed by atoms with E-state index in [0.717, 1.165) is 5.69 Å². The van der Waals surface area contributed by atoms with E-state index in [1.165, 1.54) is 0 Å². The van der Waals surface area contributed by atoms with Crippen molar-refractivity contribution in [2.45, 2.75) is 0 Å². The highest BCUT2D eigenvalue weighted by Crippen LogP contribution is 2.13. The van der Waals surface area contributed by atoms with Crippen LogP contribution in [0.25, 0.3) is 0 Å². The summed E-state index contributed by atoms with van der Waals surface area (Å²) in [7, 11) is 6.78. The molecule has 10 heavy (non-hydrogen) atoms. The van der Waals surface area contributed by atoms with E-state index < -0.39 is 0 Å². The molecule has 0 aliphatic rings. The Balaban J connectivity index is 2.80. The highest BCUT2D eigenvalue weighted by molar-refractivity contribution is 5.99. The van der Waals surface area contributed by atoms with Crippen molar-refractivity contribution in [2.24, 2.45) is 0 Å². The quantitative estimate of drug-likeness (QED) is 0.611. The Kier molecular flexibility index (Phi) is 2.21. The Hall–Kier alpha value is -1.12. The summed E-state index contributed by atoms with van der Waals surface area (Å²) >= 11 is 0. The van der Waals surface area contributed by atoms with E-state index in [1.807, 2.05) is 19.2 Å². The van der Waals surface area contributed by atoms with Crippen molar-refractivity contribution in [3.05, 3.63) is 24.3 Å². The molecule has 50 valence electrons. The van der Waals surface area contributed by atoms with Crippen molar-refractivity contribution in [3.63, 3.8) is 0 Å². The summed E-state index contributed by atoms with van der Waals surface area (Å²) in [6, 6.07) is 7.38. The Morgan fingerprint density at radius 3 is 2.30 bits per heavy atom. The molecule has 1 rings (SSSR count). The van der Waals surface area contributed by atoms with Gasteiger partial charge in [-0.1, -0.05) is 0 Å². The fraction of sp³-hybridized carbons (Fsp3) is 0.143. The van der Waals surface area contributed by atoms with Gasteiger partial charge in [-0.3, -0.25) is 0 Å². The molecule has 2 radical (unpaired) electrons. The topological polar surface area (TPSA) is 21.3 Å². The minimum atomic E-state index is 0.666. The lowest BCUT2D eigenvalue weighted by atomic mass is 10.3. The van der Waals surface area contributed by atoms with Gasteiger partial charge in [0.2, 0.25) is 0 Å². The van der Waals surface area contributed by atoms with Gasteiger partial charge in [-0.25, -0.2) is 0 Å². The highest BCUT2D eigenvalue weighted by atomic mass is 16.4. The standard InChI is InChI=1S/C7H8BNO/c1-9-6-2-4-7(10-8)5-3-6/h2-5,9H,1H3. The lowest BCUT2D eigenvalue weighted by molar-refractivity contribution is 0.616. The zero-order valence-electron chi connectivity index (χ0n) is 5.79. The zero-order valence-corrected chi connectivity index (χ0v) is 5.79. The van der Waals surface area contributed by atoms with Crippen molar-refractivity contribution in [1.29, 1.82) is 0 Å². The van der Waals surface area contributed by atoms with Crippen LogP contribution in [0, 0.1) is 0 Å². The van der Waals surface area contributed by atoms with E-state index in [9.17, 15) is 0 Å². The molecule has 0 atom stereocenters. The summed E-state index contributed by atoms with van der Waals surface area (Å²) in [6.07, 6.45) is 0. The molecule has 1 aromatic rings. The fourth-order valence-electron chi connectivity index (χ4n) is 0.700. The van der Waals surface area contributed by atoms with Gasteiger partial charge in [0.05, 0.1) is 5.75 Å². The second-order valence-corrected chi connectivity index (χ2v) is 1.89. The molecule has 2 nitrogen and oxygen atoms in total. The van der Waals surface area contributed by atoms with E-state index in [4.69, 9.17) is 8.05 Å². The number of anilines is 1. The number of rotatable bonds is 2. The first-order chi connectivity index (χ1) is 4.86. The lowest BCUT2D eigenvalue weighted by Gasteiger charge is -2.01. The summed E-state index contributed by atoms with van der Waals surface area (Å²) in [5.74, 6) is 0.666. The Bertz CT molecular complexity index is 174. The Labute approximate surface area is 61.6 Å². The number of nitrogens with one attached hydrogen (secondary N) is 1. The van der Waals surface area contributed by atoms with Crippen LogP contribution in [0.5, 0.6) is 5.75 Å². The summed E-state index contributed by atoms with van der Waals surface area (Å²) in [6.45, 7) is 0. The maximum absolute atomic E-state index is 4.92. The van der Waals surface area contributed by atoms with Gasteiger partial charge in [-0.15, -0.1) is 0 Å². The second-order valence-electron chi connectivity index (χ2n) is 1.89. The van der Waals surface area contributed by atoms with Crippen molar-refractivity contribution >= 4 is 13.7 Å². The smallest absolute Gasteiger partial charge is 0.374 e. The predicted molar refractivity (Wildman–Crippen MR) is 42.4 cm³/mol. The van der Waals surface area contributed by atoms with E-state index in [1.54, 1.807) is 12.1 Å². The van der Waals surface area contributed by atoms with Crippen LogP contribution in [-0.2, 0) is 0 Å². The van der Waals surface area contributed by atoms with Crippen LogP contribution in [0.1, 0.15) is 0 Å². The molecule has 0 aliphatic carbocycles. The lowest BCUT2D eigenvalue weighted by Crippen LogP contribution is -1.88. The van der Waals surface area contributed by atoms with Gasteiger partial charge >= 0.3 is 8.05 Å². The summed E-state index contributed by atoms with van der Waals surface area (Å²) in [5, 5.41) is 2.98. The van der Waals surface area contributed by atoms with Gasteiger partial charge in [-0.2, -0.15) is 0 Å². The first-order valence-corrected chi connectivity index (χ1v) is 3.01. The van der Waals surface area contributed by atoms with Crippen molar-refractivity contribution in [2.75, 3.05) is 12.4 Å². The van der Waals surface area contributed by atoms with Crippen LogP contribution >= 0.6 is 0 Å². The van der Waals surface area contributed by atoms with Gasteiger partial charge in [-0.05, 0) is 24.3 Å². The van der Waals surface area contributed by atoms with Crippen LogP contribution in [0.2, 0.25) is 0 Å². The van der Waals surface area contributed by atoms with E-state index in [0.29, 0.717) is 5.75 Å². The first kappa shape index (κ1) is 7.00. The van der Waals surface area contributed by atoms with Gasteiger partial charge in [0.1, 0.15) is 0 Å². The molecule has 1 aromatic carbocycles. The molecule has 0 spiro atoms. The second kappa shape index (κ2) is 3.15. The summed E-state index contributed by atoms with van der Waals surface area (Å²) in [4.78, 5) is 0. The van der Waals surface area contributed by atoms with Gasteiger partial charge in [0.15, 0.2) is 0 Å². The molecule has 0 saturated carbocycles. The molecule has 0 fully saturated rings. The maximum Gasteiger partial charge on any atom is 0.374 e. The first-order valence-electron chi connectivity index (χ1n) is 3.01. The average Bonchev–Trinajstić information content (AvgIpc) is 2.05. The number of hydrogen-bond acceptors (Lipinski definition) is 2. The Morgan fingerprint density at radius 1 is 1.30 bits per heavy atom. The number of benzene rings is 1.